The molecule has 2 aliphatic rings. The van der Waals surface area contributed by atoms with Crippen LogP contribution in [0.15, 0.2) is 73.8 Å². The summed E-state index contributed by atoms with van der Waals surface area (Å²) in [7, 11) is 0. The molecule has 0 radical (unpaired) electrons. The Kier molecular flexibility index (Phi) is 13.4. The quantitative estimate of drug-likeness (QED) is 0.159. The Bertz CT molecular complexity index is 1410. The standard InChI is InChI=1S/C38H49N3O7/c1-5-7-19-33(40-38(46)48-23-32-30-17-10-8-15-28(30)29-16-9-11-18-31(29)32)37(45)47-24-34(25(3)4)39-36(44)26(13-6-2)21-35(43)41-20-12-14-27(41)22-42/h5-6,8-11,15-18,25-27,32-34,42H,1-2,7,12-14,19-24H2,3-4H3,(H,39,44)(H,40,46)/t26-,27+,33+,34-/m1/s1. The SMILES string of the molecule is C=CCC[C@H](NC(=O)OCC1c2ccccc2-c2ccccc21)C(=O)OC[C@@H](NC(=O)[C@H](CC=C)CC(=O)N1CCC[C@H]1CO)C(C)C. The van der Waals surface area contributed by atoms with Crippen molar-refractivity contribution in [3.8, 4) is 11.1 Å². The summed E-state index contributed by atoms with van der Waals surface area (Å²) in [5.74, 6) is -2.03. The smallest absolute Gasteiger partial charge is 0.407 e. The third-order valence-corrected chi connectivity index (χ3v) is 9.27. The number of nitrogens with one attached hydrogen (secondary N) is 2. The molecule has 0 unspecified atom stereocenters. The van der Waals surface area contributed by atoms with E-state index in [1.807, 2.05) is 50.2 Å². The van der Waals surface area contributed by atoms with Crippen molar-refractivity contribution in [2.45, 2.75) is 76.4 Å². The first-order valence-corrected chi connectivity index (χ1v) is 16.9. The van der Waals surface area contributed by atoms with E-state index < -0.39 is 30.1 Å². The number of benzene rings is 2. The number of esters is 1. The molecular formula is C38H49N3O7. The zero-order valence-corrected chi connectivity index (χ0v) is 28.1. The molecule has 1 aliphatic heterocycles. The lowest BCUT2D eigenvalue weighted by molar-refractivity contribution is -0.148. The van der Waals surface area contributed by atoms with Crippen molar-refractivity contribution in [3.05, 3.63) is 85.0 Å². The lowest BCUT2D eigenvalue weighted by Gasteiger charge is -2.28. The molecule has 4 atom stereocenters. The average molecular weight is 660 g/mol. The van der Waals surface area contributed by atoms with Gasteiger partial charge in [0.15, 0.2) is 0 Å². The van der Waals surface area contributed by atoms with Crippen molar-refractivity contribution in [3.63, 3.8) is 0 Å². The van der Waals surface area contributed by atoms with Crippen LogP contribution in [0.4, 0.5) is 4.79 Å². The van der Waals surface area contributed by atoms with Gasteiger partial charge < -0.3 is 30.1 Å². The van der Waals surface area contributed by atoms with Gasteiger partial charge in [0.05, 0.1) is 24.6 Å². The van der Waals surface area contributed by atoms with Gasteiger partial charge in [0.2, 0.25) is 11.8 Å². The molecule has 0 spiro atoms. The van der Waals surface area contributed by atoms with Gasteiger partial charge in [-0.25, -0.2) is 9.59 Å². The fourth-order valence-corrected chi connectivity index (χ4v) is 6.46. The zero-order valence-electron chi connectivity index (χ0n) is 28.1. The maximum atomic E-state index is 13.3. The highest BCUT2D eigenvalue weighted by molar-refractivity contribution is 5.86. The van der Waals surface area contributed by atoms with E-state index in [-0.39, 0.29) is 62.4 Å². The van der Waals surface area contributed by atoms with Gasteiger partial charge in [-0.15, -0.1) is 13.2 Å². The molecule has 0 aromatic heterocycles. The van der Waals surface area contributed by atoms with Crippen LogP contribution in [-0.4, -0.2) is 78.4 Å². The van der Waals surface area contributed by atoms with E-state index in [4.69, 9.17) is 9.47 Å². The summed E-state index contributed by atoms with van der Waals surface area (Å²) in [6.45, 7) is 11.7. The lowest BCUT2D eigenvalue weighted by Crippen LogP contribution is -2.48. The number of aliphatic hydroxyl groups is 1. The van der Waals surface area contributed by atoms with E-state index in [0.29, 0.717) is 19.4 Å². The summed E-state index contributed by atoms with van der Waals surface area (Å²) in [6, 6.07) is 14.4. The molecule has 10 nitrogen and oxygen atoms in total. The zero-order chi connectivity index (χ0) is 34.6. The molecule has 4 rings (SSSR count). The van der Waals surface area contributed by atoms with Crippen LogP contribution >= 0.6 is 0 Å². The van der Waals surface area contributed by atoms with Gasteiger partial charge in [0.1, 0.15) is 19.3 Å². The van der Waals surface area contributed by atoms with Gasteiger partial charge >= 0.3 is 12.1 Å². The van der Waals surface area contributed by atoms with Gasteiger partial charge in [0.25, 0.3) is 0 Å². The molecule has 48 heavy (non-hydrogen) atoms. The van der Waals surface area contributed by atoms with E-state index in [1.54, 1.807) is 17.1 Å². The number of allylic oxidation sites excluding steroid dienone is 2. The van der Waals surface area contributed by atoms with Crippen LogP contribution in [0.3, 0.4) is 0 Å². The Hall–Kier alpha value is -4.44. The summed E-state index contributed by atoms with van der Waals surface area (Å²) >= 11 is 0. The van der Waals surface area contributed by atoms with Crippen molar-refractivity contribution in [1.82, 2.24) is 15.5 Å². The van der Waals surface area contributed by atoms with Crippen LogP contribution in [-0.2, 0) is 23.9 Å². The molecule has 1 aliphatic carbocycles. The molecule has 3 N–H and O–H groups in total. The van der Waals surface area contributed by atoms with Crippen molar-refractivity contribution < 1.29 is 33.8 Å². The van der Waals surface area contributed by atoms with Gasteiger partial charge in [-0.2, -0.15) is 0 Å². The number of rotatable bonds is 17. The predicted octanol–water partition coefficient (Wildman–Crippen LogP) is 5.11. The summed E-state index contributed by atoms with van der Waals surface area (Å²) in [4.78, 5) is 54.2. The second-order valence-corrected chi connectivity index (χ2v) is 12.9. The summed E-state index contributed by atoms with van der Waals surface area (Å²) < 4.78 is 11.3. The van der Waals surface area contributed by atoms with Crippen LogP contribution in [0.2, 0.25) is 0 Å². The van der Waals surface area contributed by atoms with E-state index in [0.717, 1.165) is 35.1 Å². The summed E-state index contributed by atoms with van der Waals surface area (Å²) in [5.41, 5.74) is 4.40. The molecule has 3 amide bonds. The number of nitrogens with zero attached hydrogens (tertiary/aromatic N) is 1. The molecule has 1 heterocycles. The first-order chi connectivity index (χ1) is 23.2. The molecule has 1 saturated heterocycles. The van der Waals surface area contributed by atoms with E-state index in [2.05, 4.69) is 35.9 Å². The second kappa shape index (κ2) is 17.6. The van der Waals surface area contributed by atoms with E-state index in [9.17, 15) is 24.3 Å². The highest BCUT2D eigenvalue weighted by Gasteiger charge is 2.33. The number of alkyl carbamates (subject to hydrolysis) is 1. The normalized spacial score (nSPS) is 17.1. The second-order valence-electron chi connectivity index (χ2n) is 12.9. The van der Waals surface area contributed by atoms with Crippen molar-refractivity contribution in [1.29, 1.82) is 0 Å². The number of amides is 3. The molecule has 2 aromatic rings. The molecule has 1 fully saturated rings. The van der Waals surface area contributed by atoms with Crippen molar-refractivity contribution in [2.75, 3.05) is 26.4 Å². The molecular weight excluding hydrogens is 610 g/mol. The molecule has 2 aromatic carbocycles. The average Bonchev–Trinajstić information content (AvgIpc) is 3.70. The first-order valence-electron chi connectivity index (χ1n) is 16.9. The number of carbonyl (C=O) groups excluding carboxylic acids is 4. The monoisotopic (exact) mass is 659 g/mol. The number of hydrogen-bond donors (Lipinski definition) is 3. The Balaban J connectivity index is 1.33. The van der Waals surface area contributed by atoms with Crippen molar-refractivity contribution >= 4 is 23.9 Å². The van der Waals surface area contributed by atoms with Gasteiger partial charge in [-0.3, -0.25) is 9.59 Å². The Labute approximate surface area is 283 Å². The summed E-state index contributed by atoms with van der Waals surface area (Å²) in [6.07, 6.45) is 5.11. The van der Waals surface area contributed by atoms with Crippen LogP contribution in [0.5, 0.6) is 0 Å². The molecule has 258 valence electrons. The largest absolute Gasteiger partial charge is 0.462 e. The topological polar surface area (TPSA) is 134 Å². The third-order valence-electron chi connectivity index (χ3n) is 9.27. The maximum Gasteiger partial charge on any atom is 0.407 e. The number of hydrogen-bond acceptors (Lipinski definition) is 7. The minimum absolute atomic E-state index is 0.00730. The van der Waals surface area contributed by atoms with Crippen LogP contribution in [0.25, 0.3) is 11.1 Å². The van der Waals surface area contributed by atoms with Crippen LogP contribution in [0, 0.1) is 11.8 Å². The Morgan fingerprint density at radius 2 is 1.65 bits per heavy atom. The fourth-order valence-electron chi connectivity index (χ4n) is 6.46. The first kappa shape index (κ1) is 36.4. The maximum absolute atomic E-state index is 13.3. The Morgan fingerprint density at radius 1 is 0.979 bits per heavy atom. The third kappa shape index (κ3) is 9.13. The van der Waals surface area contributed by atoms with Gasteiger partial charge in [0, 0.05) is 18.9 Å². The van der Waals surface area contributed by atoms with Crippen LogP contribution < -0.4 is 10.6 Å². The highest BCUT2D eigenvalue weighted by Crippen LogP contribution is 2.44. The number of fused-ring (bicyclic) bond motifs is 3. The van der Waals surface area contributed by atoms with Gasteiger partial charge in [-0.1, -0.05) is 74.5 Å². The minimum Gasteiger partial charge on any atom is -0.462 e. The molecule has 0 saturated carbocycles. The summed E-state index contributed by atoms with van der Waals surface area (Å²) in [5, 5.41) is 15.2. The van der Waals surface area contributed by atoms with E-state index in [1.165, 1.54) is 0 Å². The number of likely N-dealkylation sites (tertiary alicyclic amines) is 1. The Morgan fingerprint density at radius 3 is 2.25 bits per heavy atom. The molecule has 0 bridgehead atoms. The van der Waals surface area contributed by atoms with Crippen LogP contribution in [0.1, 0.15) is 69.4 Å². The number of aliphatic hydroxyl groups excluding tert-OH is 1. The lowest BCUT2D eigenvalue weighted by atomic mass is 9.97. The van der Waals surface area contributed by atoms with Gasteiger partial charge in [-0.05, 0) is 60.3 Å². The minimum atomic E-state index is -0.978. The van der Waals surface area contributed by atoms with Crippen molar-refractivity contribution in [2.24, 2.45) is 11.8 Å². The number of ether oxygens (including phenoxy) is 2. The predicted molar refractivity (Wildman–Crippen MR) is 184 cm³/mol. The number of carbonyl (C=O) groups is 4. The van der Waals surface area contributed by atoms with E-state index >= 15 is 0 Å². The highest BCUT2D eigenvalue weighted by atomic mass is 16.6. The molecule has 10 heteroatoms. The fraction of sp³-hybridized carbons (Fsp3) is 0.474.